The molecule has 0 saturated carbocycles. The molecule has 1 fully saturated rings. The number of hydrogen-bond acceptors (Lipinski definition) is 2. The van der Waals surface area contributed by atoms with Gasteiger partial charge in [0.05, 0.1) is 5.92 Å². The van der Waals surface area contributed by atoms with Gasteiger partial charge in [0, 0.05) is 6.42 Å². The molecule has 1 saturated heterocycles. The maximum atomic E-state index is 12.3. The minimum Gasteiger partial charge on any atom is -0.489 e. The molecule has 1 heterocycles. The molecule has 2 atom stereocenters. The highest BCUT2D eigenvalue weighted by atomic mass is 16.5. The van der Waals surface area contributed by atoms with Crippen LogP contribution in [0.25, 0.3) is 0 Å². The number of Topliss-reactive ketones (excluding diaryl/α,β-unsaturated/α-hetero) is 1. The number of rotatable bonds is 2. The maximum absolute atomic E-state index is 12.3. The molecule has 0 aromatic heterocycles. The number of benzene rings is 1. The molecule has 0 N–H and O–H groups in total. The van der Waals surface area contributed by atoms with Crippen molar-refractivity contribution in [3.05, 3.63) is 59.4 Å². The number of allylic oxidation sites excluding steroid dienone is 4. The van der Waals surface area contributed by atoms with Crippen LogP contribution in [0.2, 0.25) is 0 Å². The molecule has 2 unspecified atom stereocenters. The monoisotopic (exact) mass is 254 g/mol. The highest BCUT2D eigenvalue weighted by molar-refractivity contribution is 5.85. The van der Waals surface area contributed by atoms with E-state index in [4.69, 9.17) is 4.74 Å². The summed E-state index contributed by atoms with van der Waals surface area (Å²) in [5.74, 6) is 1.10. The molecular formula is C17H18O2. The van der Waals surface area contributed by atoms with Gasteiger partial charge in [-0.2, -0.15) is 0 Å². The number of carbonyl (C=O) groups is 1. The van der Waals surface area contributed by atoms with E-state index in [-0.39, 0.29) is 12.0 Å². The lowest BCUT2D eigenvalue weighted by Crippen LogP contribution is -2.29. The van der Waals surface area contributed by atoms with Gasteiger partial charge < -0.3 is 4.74 Å². The predicted molar refractivity (Wildman–Crippen MR) is 74.6 cm³/mol. The van der Waals surface area contributed by atoms with E-state index >= 15 is 0 Å². The van der Waals surface area contributed by atoms with Crippen molar-refractivity contribution in [1.82, 2.24) is 0 Å². The fraction of sp³-hybridized carbons (Fsp3) is 0.353. The summed E-state index contributed by atoms with van der Waals surface area (Å²) in [6.07, 6.45) is 8.08. The molecule has 0 bridgehead atoms. The van der Waals surface area contributed by atoms with Gasteiger partial charge in [-0.05, 0) is 30.0 Å². The second-order valence-electron chi connectivity index (χ2n) is 5.11. The number of aryl methyl sites for hydroxylation is 1. The average molecular weight is 254 g/mol. The van der Waals surface area contributed by atoms with Gasteiger partial charge in [0.15, 0.2) is 0 Å². The van der Waals surface area contributed by atoms with E-state index in [0.29, 0.717) is 12.2 Å². The molecule has 0 spiro atoms. The summed E-state index contributed by atoms with van der Waals surface area (Å²) in [5.41, 5.74) is 2.43. The van der Waals surface area contributed by atoms with E-state index in [1.165, 1.54) is 5.56 Å². The smallest absolute Gasteiger partial charge is 0.147 e. The molecule has 0 radical (unpaired) electrons. The van der Waals surface area contributed by atoms with E-state index in [9.17, 15) is 4.79 Å². The van der Waals surface area contributed by atoms with Gasteiger partial charge in [-0.3, -0.25) is 4.79 Å². The Labute approximate surface area is 113 Å². The molecule has 3 rings (SSSR count). The van der Waals surface area contributed by atoms with E-state index < -0.39 is 0 Å². The van der Waals surface area contributed by atoms with Crippen LogP contribution in [0.15, 0.2) is 48.3 Å². The maximum Gasteiger partial charge on any atom is 0.147 e. The lowest BCUT2D eigenvalue weighted by molar-refractivity contribution is -0.130. The third-order valence-corrected chi connectivity index (χ3v) is 3.95. The number of fused-ring (bicyclic) bond motifs is 1. The van der Waals surface area contributed by atoms with Gasteiger partial charge in [0.2, 0.25) is 0 Å². The van der Waals surface area contributed by atoms with Gasteiger partial charge >= 0.3 is 0 Å². The highest BCUT2D eigenvalue weighted by Gasteiger charge is 2.35. The Balaban J connectivity index is 1.92. The largest absolute Gasteiger partial charge is 0.489 e. The van der Waals surface area contributed by atoms with Crippen molar-refractivity contribution in [2.45, 2.75) is 32.3 Å². The summed E-state index contributed by atoms with van der Waals surface area (Å²) >= 11 is 0. The first-order valence-corrected chi connectivity index (χ1v) is 6.93. The molecule has 0 amide bonds. The summed E-state index contributed by atoms with van der Waals surface area (Å²) in [5, 5.41) is 0. The molecule has 1 aromatic carbocycles. The van der Waals surface area contributed by atoms with Crippen molar-refractivity contribution in [1.29, 1.82) is 0 Å². The Kier molecular flexibility index (Phi) is 3.24. The lowest BCUT2D eigenvalue weighted by atomic mass is 9.85. The van der Waals surface area contributed by atoms with Crippen molar-refractivity contribution in [2.75, 3.05) is 0 Å². The molecule has 1 aromatic rings. The van der Waals surface area contributed by atoms with Gasteiger partial charge in [0.25, 0.3) is 0 Å². The molecule has 2 aliphatic rings. The number of hydrogen-bond donors (Lipinski definition) is 0. The molecule has 1 aliphatic carbocycles. The van der Waals surface area contributed by atoms with Crippen LogP contribution >= 0.6 is 0 Å². The van der Waals surface area contributed by atoms with Crippen molar-refractivity contribution in [3.8, 4) is 0 Å². The summed E-state index contributed by atoms with van der Waals surface area (Å²) in [6.45, 7) is 2.13. The van der Waals surface area contributed by atoms with Gasteiger partial charge in [0.1, 0.15) is 17.6 Å². The predicted octanol–water partition coefficient (Wildman–Crippen LogP) is 3.74. The van der Waals surface area contributed by atoms with Crippen molar-refractivity contribution >= 4 is 5.78 Å². The van der Waals surface area contributed by atoms with Crippen LogP contribution in [0.5, 0.6) is 0 Å². The van der Waals surface area contributed by atoms with Crippen LogP contribution in [0.3, 0.4) is 0 Å². The molecule has 2 nitrogen and oxygen atoms in total. The SMILES string of the molecule is CCc1ccccc1C1CC(=O)C2CC=CC=C2O1. The Morgan fingerprint density at radius 2 is 2.16 bits per heavy atom. The van der Waals surface area contributed by atoms with Crippen LogP contribution in [0, 0.1) is 5.92 Å². The first-order valence-electron chi connectivity index (χ1n) is 6.93. The van der Waals surface area contributed by atoms with Crippen molar-refractivity contribution in [2.24, 2.45) is 5.92 Å². The van der Waals surface area contributed by atoms with Gasteiger partial charge in [-0.1, -0.05) is 43.3 Å². The molecular weight excluding hydrogens is 236 g/mol. The Bertz CT molecular complexity index is 554. The minimum atomic E-state index is -0.113. The van der Waals surface area contributed by atoms with E-state index in [2.05, 4.69) is 19.1 Å². The molecule has 2 heteroatoms. The third kappa shape index (κ3) is 2.23. The lowest BCUT2D eigenvalue weighted by Gasteiger charge is -2.33. The number of ether oxygens (including phenoxy) is 1. The summed E-state index contributed by atoms with van der Waals surface area (Å²) < 4.78 is 6.08. The van der Waals surface area contributed by atoms with Crippen LogP contribution in [0.4, 0.5) is 0 Å². The summed E-state index contributed by atoms with van der Waals surface area (Å²) in [6, 6.07) is 8.25. The van der Waals surface area contributed by atoms with Gasteiger partial charge in [-0.25, -0.2) is 0 Å². The van der Waals surface area contributed by atoms with E-state index in [1.54, 1.807) is 0 Å². The van der Waals surface area contributed by atoms with Crippen molar-refractivity contribution in [3.63, 3.8) is 0 Å². The molecule has 19 heavy (non-hydrogen) atoms. The number of carbonyl (C=O) groups excluding carboxylic acids is 1. The van der Waals surface area contributed by atoms with Crippen molar-refractivity contribution < 1.29 is 9.53 Å². The topological polar surface area (TPSA) is 26.3 Å². The zero-order chi connectivity index (χ0) is 13.2. The molecule has 98 valence electrons. The second kappa shape index (κ2) is 5.04. The van der Waals surface area contributed by atoms with E-state index in [1.807, 2.05) is 30.4 Å². The minimum absolute atomic E-state index is 0.0463. The summed E-state index contributed by atoms with van der Waals surface area (Å²) in [7, 11) is 0. The Morgan fingerprint density at radius 1 is 1.32 bits per heavy atom. The van der Waals surface area contributed by atoms with Crippen LogP contribution in [-0.4, -0.2) is 5.78 Å². The summed E-state index contributed by atoms with van der Waals surface area (Å²) in [4.78, 5) is 12.3. The average Bonchev–Trinajstić information content (AvgIpc) is 2.47. The standard InChI is InChI=1S/C17H18O2/c1-2-12-7-3-4-8-13(12)17-11-15(18)14-9-5-6-10-16(14)19-17/h3-8,10,14,17H,2,9,11H2,1H3. The normalized spacial score (nSPS) is 25.5. The Hall–Kier alpha value is -1.83. The quantitative estimate of drug-likeness (QED) is 0.803. The fourth-order valence-corrected chi connectivity index (χ4v) is 2.90. The zero-order valence-electron chi connectivity index (χ0n) is 11.1. The van der Waals surface area contributed by atoms with E-state index in [0.717, 1.165) is 24.2 Å². The van der Waals surface area contributed by atoms with Crippen LogP contribution < -0.4 is 0 Å². The highest BCUT2D eigenvalue weighted by Crippen LogP contribution is 2.38. The Morgan fingerprint density at radius 3 is 3.00 bits per heavy atom. The third-order valence-electron chi connectivity index (χ3n) is 3.95. The second-order valence-corrected chi connectivity index (χ2v) is 5.11. The number of ketones is 1. The zero-order valence-corrected chi connectivity index (χ0v) is 11.1. The van der Waals surface area contributed by atoms with Gasteiger partial charge in [-0.15, -0.1) is 0 Å². The molecule has 1 aliphatic heterocycles. The van der Waals surface area contributed by atoms with Crippen LogP contribution in [0.1, 0.15) is 37.0 Å². The first-order chi connectivity index (χ1) is 9.29. The first kappa shape index (κ1) is 12.2. The van der Waals surface area contributed by atoms with Crippen LogP contribution in [-0.2, 0) is 16.0 Å². The fourth-order valence-electron chi connectivity index (χ4n) is 2.90.